The smallest absolute Gasteiger partial charge is 0.319 e. The molecule has 6 heteroatoms. The van der Waals surface area contributed by atoms with Crippen LogP contribution in [0.4, 0.5) is 4.79 Å². The van der Waals surface area contributed by atoms with Gasteiger partial charge in [0.25, 0.3) is 0 Å². The number of allylic oxidation sites excluding steroid dienone is 1. The average molecular weight is 337 g/mol. The lowest BCUT2D eigenvalue weighted by atomic mass is 9.95. The van der Waals surface area contributed by atoms with Gasteiger partial charge >= 0.3 is 6.03 Å². The molecule has 25 heavy (non-hydrogen) atoms. The largest absolute Gasteiger partial charge is 0.489 e. The fraction of sp³-hybridized carbons (Fsp3) is 0.158. The SMILES string of the molecule is CC1=C(C(N)=O)[C@@H](c2ccc(OCc3ccccc3)cc2)NC(=O)N1. The summed E-state index contributed by atoms with van der Waals surface area (Å²) >= 11 is 0. The van der Waals surface area contributed by atoms with Crippen molar-refractivity contribution in [1.29, 1.82) is 0 Å². The van der Waals surface area contributed by atoms with Crippen LogP contribution in [0.15, 0.2) is 65.9 Å². The Morgan fingerprint density at radius 1 is 1.12 bits per heavy atom. The third-order valence-corrected chi connectivity index (χ3v) is 4.00. The molecule has 0 saturated carbocycles. The molecule has 0 saturated heterocycles. The molecule has 128 valence electrons. The molecule has 1 aliphatic heterocycles. The van der Waals surface area contributed by atoms with Gasteiger partial charge in [0.15, 0.2) is 0 Å². The Balaban J connectivity index is 1.76. The van der Waals surface area contributed by atoms with Crippen LogP contribution in [-0.2, 0) is 11.4 Å². The van der Waals surface area contributed by atoms with Gasteiger partial charge in [-0.15, -0.1) is 0 Å². The first kappa shape index (κ1) is 16.6. The highest BCUT2D eigenvalue weighted by atomic mass is 16.5. The van der Waals surface area contributed by atoms with Gasteiger partial charge in [0.2, 0.25) is 5.91 Å². The molecule has 0 fully saturated rings. The molecular formula is C19H19N3O3. The first-order valence-electron chi connectivity index (χ1n) is 7.89. The van der Waals surface area contributed by atoms with Crippen molar-refractivity contribution in [3.8, 4) is 5.75 Å². The van der Waals surface area contributed by atoms with E-state index in [4.69, 9.17) is 10.5 Å². The molecule has 0 spiro atoms. The Hall–Kier alpha value is -3.28. The lowest BCUT2D eigenvalue weighted by molar-refractivity contribution is -0.115. The molecule has 0 aliphatic carbocycles. The Bertz CT molecular complexity index is 814. The number of amides is 3. The number of carbonyl (C=O) groups excluding carboxylic acids is 2. The Morgan fingerprint density at radius 3 is 2.44 bits per heavy atom. The summed E-state index contributed by atoms with van der Waals surface area (Å²) in [6.07, 6.45) is 0. The quantitative estimate of drug-likeness (QED) is 0.782. The molecule has 0 bridgehead atoms. The van der Waals surface area contributed by atoms with Crippen molar-refractivity contribution < 1.29 is 14.3 Å². The summed E-state index contributed by atoms with van der Waals surface area (Å²) in [6, 6.07) is 16.2. The Morgan fingerprint density at radius 2 is 1.80 bits per heavy atom. The highest BCUT2D eigenvalue weighted by Crippen LogP contribution is 2.27. The monoisotopic (exact) mass is 337 g/mol. The predicted molar refractivity (Wildman–Crippen MR) is 93.5 cm³/mol. The molecule has 0 aromatic heterocycles. The number of rotatable bonds is 5. The van der Waals surface area contributed by atoms with Crippen LogP contribution in [-0.4, -0.2) is 11.9 Å². The Labute approximate surface area is 145 Å². The Kier molecular flexibility index (Phi) is 4.70. The van der Waals surface area contributed by atoms with Crippen molar-refractivity contribution in [2.45, 2.75) is 19.6 Å². The lowest BCUT2D eigenvalue weighted by Crippen LogP contribution is -2.46. The first-order chi connectivity index (χ1) is 12.0. The zero-order chi connectivity index (χ0) is 17.8. The van der Waals surface area contributed by atoms with Crippen molar-refractivity contribution in [2.24, 2.45) is 5.73 Å². The van der Waals surface area contributed by atoms with Gasteiger partial charge < -0.3 is 21.1 Å². The van der Waals surface area contributed by atoms with Crippen LogP contribution < -0.4 is 21.1 Å². The van der Waals surface area contributed by atoms with Crippen LogP contribution in [0.3, 0.4) is 0 Å². The molecule has 4 N–H and O–H groups in total. The van der Waals surface area contributed by atoms with E-state index < -0.39 is 11.9 Å². The molecular weight excluding hydrogens is 318 g/mol. The summed E-state index contributed by atoms with van der Waals surface area (Å²) < 4.78 is 5.75. The zero-order valence-corrected chi connectivity index (χ0v) is 13.8. The normalized spacial score (nSPS) is 16.8. The number of ether oxygens (including phenoxy) is 1. The van der Waals surface area contributed by atoms with E-state index in [1.807, 2.05) is 42.5 Å². The van der Waals surface area contributed by atoms with E-state index in [1.165, 1.54) is 0 Å². The molecule has 0 unspecified atom stereocenters. The fourth-order valence-corrected chi connectivity index (χ4v) is 2.77. The van der Waals surface area contributed by atoms with Crippen molar-refractivity contribution in [3.05, 3.63) is 77.0 Å². The van der Waals surface area contributed by atoms with Gasteiger partial charge in [-0.25, -0.2) is 4.79 Å². The number of nitrogens with one attached hydrogen (secondary N) is 2. The molecule has 1 aliphatic rings. The van der Waals surface area contributed by atoms with Crippen LogP contribution in [0.2, 0.25) is 0 Å². The molecule has 3 amide bonds. The molecule has 1 atom stereocenters. The zero-order valence-electron chi connectivity index (χ0n) is 13.8. The summed E-state index contributed by atoms with van der Waals surface area (Å²) in [7, 11) is 0. The molecule has 2 aromatic carbocycles. The topological polar surface area (TPSA) is 93.5 Å². The van der Waals surface area contributed by atoms with E-state index in [2.05, 4.69) is 10.6 Å². The maximum atomic E-state index is 11.7. The molecule has 1 heterocycles. The van der Waals surface area contributed by atoms with Crippen molar-refractivity contribution >= 4 is 11.9 Å². The summed E-state index contributed by atoms with van der Waals surface area (Å²) in [5.41, 5.74) is 8.10. The lowest BCUT2D eigenvalue weighted by Gasteiger charge is -2.27. The molecule has 2 aromatic rings. The van der Waals surface area contributed by atoms with Crippen molar-refractivity contribution in [2.75, 3.05) is 0 Å². The number of carbonyl (C=O) groups is 2. The van der Waals surface area contributed by atoms with Gasteiger partial charge in [-0.05, 0) is 30.2 Å². The molecule has 6 nitrogen and oxygen atoms in total. The molecule has 3 rings (SSSR count). The number of nitrogens with two attached hydrogens (primary N) is 1. The van der Waals surface area contributed by atoms with Gasteiger partial charge in [0, 0.05) is 5.70 Å². The number of urea groups is 1. The van der Waals surface area contributed by atoms with E-state index in [0.717, 1.165) is 11.1 Å². The second-order valence-electron chi connectivity index (χ2n) is 5.78. The van der Waals surface area contributed by atoms with E-state index in [-0.39, 0.29) is 6.03 Å². The second-order valence-corrected chi connectivity index (χ2v) is 5.78. The van der Waals surface area contributed by atoms with Crippen molar-refractivity contribution in [1.82, 2.24) is 10.6 Å². The van der Waals surface area contributed by atoms with E-state index in [9.17, 15) is 9.59 Å². The highest BCUT2D eigenvalue weighted by molar-refractivity contribution is 5.97. The second kappa shape index (κ2) is 7.09. The van der Waals surface area contributed by atoms with Gasteiger partial charge in [-0.1, -0.05) is 42.5 Å². The minimum atomic E-state index is -0.575. The standard InChI is InChI=1S/C19H19N3O3/c1-12-16(18(20)23)17(22-19(24)21-12)14-7-9-15(10-8-14)25-11-13-5-3-2-4-6-13/h2-10,17H,11H2,1H3,(H2,20,23)(H2,21,22,24)/t17-/m1/s1. The van der Waals surface area contributed by atoms with Crippen LogP contribution >= 0.6 is 0 Å². The predicted octanol–water partition coefficient (Wildman–Crippen LogP) is 2.38. The van der Waals surface area contributed by atoms with Gasteiger partial charge in [0.05, 0.1) is 11.6 Å². The van der Waals surface area contributed by atoms with Gasteiger partial charge in [-0.3, -0.25) is 4.79 Å². The summed E-state index contributed by atoms with van der Waals surface area (Å²) in [4.78, 5) is 23.4. The molecule has 0 radical (unpaired) electrons. The highest BCUT2D eigenvalue weighted by Gasteiger charge is 2.29. The summed E-state index contributed by atoms with van der Waals surface area (Å²) in [5.74, 6) is 0.133. The number of benzene rings is 2. The van der Waals surface area contributed by atoms with Gasteiger partial charge in [-0.2, -0.15) is 0 Å². The van der Waals surface area contributed by atoms with E-state index >= 15 is 0 Å². The summed E-state index contributed by atoms with van der Waals surface area (Å²) in [6.45, 7) is 2.12. The minimum Gasteiger partial charge on any atom is -0.489 e. The minimum absolute atomic E-state index is 0.345. The number of primary amides is 1. The van der Waals surface area contributed by atoms with E-state index in [1.54, 1.807) is 19.1 Å². The van der Waals surface area contributed by atoms with E-state index in [0.29, 0.717) is 23.6 Å². The van der Waals surface area contributed by atoms with Crippen LogP contribution in [0.1, 0.15) is 24.1 Å². The third-order valence-electron chi connectivity index (χ3n) is 4.00. The third kappa shape index (κ3) is 3.80. The van der Waals surface area contributed by atoms with Crippen LogP contribution in [0.25, 0.3) is 0 Å². The maximum absolute atomic E-state index is 11.7. The van der Waals surface area contributed by atoms with Crippen molar-refractivity contribution in [3.63, 3.8) is 0 Å². The first-order valence-corrected chi connectivity index (χ1v) is 7.89. The van der Waals surface area contributed by atoms with Gasteiger partial charge in [0.1, 0.15) is 12.4 Å². The van der Waals surface area contributed by atoms with Crippen LogP contribution in [0, 0.1) is 0 Å². The summed E-state index contributed by atoms with van der Waals surface area (Å²) in [5, 5.41) is 5.29. The fourth-order valence-electron chi connectivity index (χ4n) is 2.77. The number of hydrogen-bond donors (Lipinski definition) is 3. The maximum Gasteiger partial charge on any atom is 0.319 e. The van der Waals surface area contributed by atoms with Crippen LogP contribution in [0.5, 0.6) is 5.75 Å². The number of hydrogen-bond acceptors (Lipinski definition) is 3. The average Bonchev–Trinajstić information content (AvgIpc) is 2.60.